The first-order valence-corrected chi connectivity index (χ1v) is 6.02. The maximum absolute atomic E-state index is 11.8. The highest BCUT2D eigenvalue weighted by Gasteiger charge is 2.27. The third kappa shape index (κ3) is 4.79. The van der Waals surface area contributed by atoms with Crippen LogP contribution in [0.2, 0.25) is 0 Å². The van der Waals surface area contributed by atoms with Crippen LogP contribution in [0.15, 0.2) is 10.9 Å². The van der Waals surface area contributed by atoms with Gasteiger partial charge in [0.05, 0.1) is 11.0 Å². The van der Waals surface area contributed by atoms with Crippen LogP contribution in [0, 0.1) is 0 Å². The van der Waals surface area contributed by atoms with Crippen molar-refractivity contribution in [2.24, 2.45) is 5.73 Å². The number of rotatable bonds is 5. The lowest BCUT2D eigenvalue weighted by Crippen LogP contribution is -2.52. The smallest absolute Gasteiger partial charge is 0.271 e. The normalized spacial score (nSPS) is 10.1. The van der Waals surface area contributed by atoms with E-state index in [2.05, 4.69) is 10.3 Å². The van der Waals surface area contributed by atoms with E-state index < -0.39 is 0 Å². The topological polar surface area (TPSA) is 68.0 Å². The van der Waals surface area contributed by atoms with Gasteiger partial charge in [0.15, 0.2) is 0 Å². The fraction of sp³-hybridized carbons (Fsp3) is 0.600. The Bertz CT molecular complexity index is 307. The van der Waals surface area contributed by atoms with Crippen molar-refractivity contribution >= 4 is 42.1 Å². The van der Waals surface area contributed by atoms with E-state index >= 15 is 0 Å². The Labute approximate surface area is 118 Å². The van der Waals surface area contributed by atoms with Crippen molar-refractivity contribution in [2.45, 2.75) is 32.2 Å². The van der Waals surface area contributed by atoms with Crippen molar-refractivity contribution in [1.29, 1.82) is 0 Å². The summed E-state index contributed by atoms with van der Waals surface area (Å²) in [7, 11) is 0. The molecule has 0 aliphatic rings. The van der Waals surface area contributed by atoms with Crippen LogP contribution >= 0.6 is 36.2 Å². The molecule has 0 radical (unpaired) electrons. The van der Waals surface area contributed by atoms with Crippen LogP contribution in [-0.4, -0.2) is 23.0 Å². The van der Waals surface area contributed by atoms with Crippen molar-refractivity contribution < 1.29 is 4.79 Å². The lowest BCUT2D eigenvalue weighted by atomic mass is 9.93. The number of carbonyl (C=O) groups excluding carboxylic acids is 1. The van der Waals surface area contributed by atoms with E-state index in [1.807, 2.05) is 13.8 Å². The molecule has 17 heavy (non-hydrogen) atoms. The number of nitrogens with one attached hydrogen (secondary N) is 1. The van der Waals surface area contributed by atoms with Gasteiger partial charge in [0.1, 0.15) is 5.69 Å². The summed E-state index contributed by atoms with van der Waals surface area (Å²) in [5.74, 6) is -0.134. The van der Waals surface area contributed by atoms with Crippen LogP contribution in [0.1, 0.15) is 37.2 Å². The molecule has 0 aliphatic carbocycles. The van der Waals surface area contributed by atoms with Crippen LogP contribution in [0.25, 0.3) is 0 Å². The number of carbonyl (C=O) groups is 1. The Morgan fingerprint density at radius 2 is 2.06 bits per heavy atom. The molecule has 0 fully saturated rings. The minimum absolute atomic E-state index is 0. The number of nitrogens with zero attached hydrogens (tertiary/aromatic N) is 1. The van der Waals surface area contributed by atoms with Crippen LogP contribution in [0.4, 0.5) is 0 Å². The Hall–Kier alpha value is -0.360. The van der Waals surface area contributed by atoms with Gasteiger partial charge >= 0.3 is 0 Å². The first-order chi connectivity index (χ1) is 7.17. The van der Waals surface area contributed by atoms with Gasteiger partial charge in [-0.2, -0.15) is 0 Å². The molecule has 7 heteroatoms. The molecule has 1 amide bonds. The molecule has 0 aromatic carbocycles. The van der Waals surface area contributed by atoms with Crippen LogP contribution in [0.3, 0.4) is 0 Å². The second-order valence-corrected chi connectivity index (χ2v) is 4.24. The van der Waals surface area contributed by atoms with E-state index in [1.54, 1.807) is 10.9 Å². The molecule has 1 aromatic heterocycles. The average molecular weight is 300 g/mol. The summed E-state index contributed by atoms with van der Waals surface area (Å²) in [6, 6.07) is 0. The van der Waals surface area contributed by atoms with E-state index in [4.69, 9.17) is 5.73 Å². The number of hydrogen-bond donors (Lipinski definition) is 2. The van der Waals surface area contributed by atoms with Crippen molar-refractivity contribution in [1.82, 2.24) is 10.3 Å². The van der Waals surface area contributed by atoms with Crippen LogP contribution in [-0.2, 0) is 0 Å². The maximum atomic E-state index is 11.8. The highest BCUT2D eigenvalue weighted by molar-refractivity contribution is 7.07. The monoisotopic (exact) mass is 299 g/mol. The zero-order valence-corrected chi connectivity index (χ0v) is 12.4. The quantitative estimate of drug-likeness (QED) is 0.876. The predicted molar refractivity (Wildman–Crippen MR) is 76.4 cm³/mol. The highest BCUT2D eigenvalue weighted by atomic mass is 35.5. The largest absolute Gasteiger partial charge is 0.344 e. The number of halogens is 2. The summed E-state index contributed by atoms with van der Waals surface area (Å²) in [6.45, 7) is 4.51. The predicted octanol–water partition coefficient (Wildman–Crippen LogP) is 2.23. The fourth-order valence-corrected chi connectivity index (χ4v) is 1.93. The van der Waals surface area contributed by atoms with Gasteiger partial charge in [-0.05, 0) is 12.8 Å². The molecule has 0 aliphatic heterocycles. The van der Waals surface area contributed by atoms with Gasteiger partial charge in [-0.25, -0.2) is 4.98 Å². The Morgan fingerprint density at radius 1 is 1.47 bits per heavy atom. The van der Waals surface area contributed by atoms with Gasteiger partial charge < -0.3 is 11.1 Å². The van der Waals surface area contributed by atoms with Gasteiger partial charge in [0.2, 0.25) is 0 Å². The zero-order chi connectivity index (χ0) is 11.3. The minimum Gasteiger partial charge on any atom is -0.344 e. The number of amides is 1. The molecule has 1 heterocycles. The summed E-state index contributed by atoms with van der Waals surface area (Å²) < 4.78 is 0. The van der Waals surface area contributed by atoms with E-state index in [1.165, 1.54) is 11.3 Å². The van der Waals surface area contributed by atoms with Gasteiger partial charge in [0, 0.05) is 11.9 Å². The number of aromatic nitrogens is 1. The molecule has 0 spiro atoms. The van der Waals surface area contributed by atoms with Crippen molar-refractivity contribution in [3.63, 3.8) is 0 Å². The van der Waals surface area contributed by atoms with Crippen LogP contribution in [0.5, 0.6) is 0 Å². The number of nitrogens with two attached hydrogens (primary N) is 1. The molecule has 0 bridgehead atoms. The molecule has 1 aromatic rings. The average Bonchev–Trinajstić information content (AvgIpc) is 2.79. The standard InChI is InChI=1S/C10H17N3OS.2ClH/c1-3-10(4-2,6-11)13-9(14)8-5-15-7-12-8;;/h5,7H,3-4,6,11H2,1-2H3,(H,13,14);2*1H. The summed E-state index contributed by atoms with van der Waals surface area (Å²) in [6.07, 6.45) is 1.66. The highest BCUT2D eigenvalue weighted by Crippen LogP contribution is 2.14. The van der Waals surface area contributed by atoms with Crippen molar-refractivity contribution in [2.75, 3.05) is 6.54 Å². The molecule has 1 rings (SSSR count). The lowest BCUT2D eigenvalue weighted by molar-refractivity contribution is 0.0891. The fourth-order valence-electron chi connectivity index (χ4n) is 1.40. The SMILES string of the molecule is CCC(CC)(CN)NC(=O)c1cscn1.Cl.Cl. The second kappa shape index (κ2) is 8.69. The Balaban J connectivity index is 0. The Kier molecular flexibility index (Phi) is 9.71. The van der Waals surface area contributed by atoms with Crippen LogP contribution < -0.4 is 11.1 Å². The summed E-state index contributed by atoms with van der Waals surface area (Å²) in [5, 5.41) is 4.70. The first kappa shape index (κ1) is 19.0. The molecule has 4 nitrogen and oxygen atoms in total. The van der Waals surface area contributed by atoms with E-state index in [0.717, 1.165) is 12.8 Å². The first-order valence-electron chi connectivity index (χ1n) is 5.08. The third-order valence-corrected chi connectivity index (χ3v) is 3.37. The molecule has 0 saturated carbocycles. The van der Waals surface area contributed by atoms with Gasteiger partial charge in [-0.1, -0.05) is 13.8 Å². The summed E-state index contributed by atoms with van der Waals surface area (Å²) >= 11 is 1.41. The summed E-state index contributed by atoms with van der Waals surface area (Å²) in [4.78, 5) is 15.7. The number of thiazole rings is 1. The third-order valence-electron chi connectivity index (χ3n) is 2.79. The molecular weight excluding hydrogens is 281 g/mol. The summed E-state index contributed by atoms with van der Waals surface area (Å²) in [5.41, 5.74) is 7.53. The molecule has 100 valence electrons. The van der Waals surface area contributed by atoms with E-state index in [-0.39, 0.29) is 36.3 Å². The van der Waals surface area contributed by atoms with E-state index in [0.29, 0.717) is 12.2 Å². The van der Waals surface area contributed by atoms with Gasteiger partial charge in [-0.3, -0.25) is 4.79 Å². The van der Waals surface area contributed by atoms with Gasteiger partial charge in [0.25, 0.3) is 5.91 Å². The molecule has 3 N–H and O–H groups in total. The Morgan fingerprint density at radius 3 is 2.41 bits per heavy atom. The maximum Gasteiger partial charge on any atom is 0.271 e. The minimum atomic E-state index is -0.291. The zero-order valence-electron chi connectivity index (χ0n) is 9.93. The van der Waals surface area contributed by atoms with Crippen molar-refractivity contribution in [3.05, 3.63) is 16.6 Å². The van der Waals surface area contributed by atoms with E-state index in [9.17, 15) is 4.79 Å². The molecule has 0 unspecified atom stereocenters. The molecule has 0 saturated heterocycles. The molecular formula is C10H19Cl2N3OS. The number of hydrogen-bond acceptors (Lipinski definition) is 4. The van der Waals surface area contributed by atoms with Crippen molar-refractivity contribution in [3.8, 4) is 0 Å². The molecule has 0 atom stereocenters. The second-order valence-electron chi connectivity index (χ2n) is 3.52. The van der Waals surface area contributed by atoms with Gasteiger partial charge in [-0.15, -0.1) is 36.2 Å². The lowest BCUT2D eigenvalue weighted by Gasteiger charge is -2.31.